The Labute approximate surface area is 183 Å². The van der Waals surface area contributed by atoms with Crippen LogP contribution in [0.2, 0.25) is 0 Å². The first-order chi connectivity index (χ1) is 14.5. The van der Waals surface area contributed by atoms with Gasteiger partial charge in [0.25, 0.3) is 5.91 Å². The number of hydrogen-bond donors (Lipinski definition) is 1. The van der Waals surface area contributed by atoms with E-state index in [0.29, 0.717) is 17.0 Å². The van der Waals surface area contributed by atoms with Gasteiger partial charge in [-0.2, -0.15) is 0 Å². The van der Waals surface area contributed by atoms with E-state index in [1.54, 1.807) is 61.7 Å². The molecule has 0 fully saturated rings. The van der Waals surface area contributed by atoms with E-state index in [1.165, 1.54) is 6.08 Å². The van der Waals surface area contributed by atoms with Gasteiger partial charge in [0.2, 0.25) is 0 Å². The zero-order chi connectivity index (χ0) is 21.3. The van der Waals surface area contributed by atoms with Gasteiger partial charge in [-0.1, -0.05) is 34.1 Å². The van der Waals surface area contributed by atoms with Crippen molar-refractivity contribution >= 4 is 39.4 Å². The van der Waals surface area contributed by atoms with Gasteiger partial charge in [-0.3, -0.25) is 9.59 Å². The maximum atomic E-state index is 12.2. The summed E-state index contributed by atoms with van der Waals surface area (Å²) >= 11 is 3.35. The molecule has 0 aliphatic heterocycles. The summed E-state index contributed by atoms with van der Waals surface area (Å²) in [4.78, 5) is 24.3. The molecule has 0 aromatic heterocycles. The lowest BCUT2D eigenvalue weighted by atomic mass is 10.1. The lowest BCUT2D eigenvalue weighted by molar-refractivity contribution is -0.118. The van der Waals surface area contributed by atoms with Crippen molar-refractivity contribution in [1.82, 2.24) is 0 Å². The smallest absolute Gasteiger partial charge is 0.262 e. The summed E-state index contributed by atoms with van der Waals surface area (Å²) in [5, 5.41) is 2.77. The van der Waals surface area contributed by atoms with Crippen LogP contribution in [0, 0.1) is 0 Å². The van der Waals surface area contributed by atoms with Crippen molar-refractivity contribution in [3.05, 3.63) is 94.5 Å². The standard InChI is InChI=1S/C24H20BrNO4/c1-29-21-11-13-22(14-12-21)30-16-24(28)26-20-9-2-17(3-10-20)4-15-23(27)18-5-7-19(25)8-6-18/h2-15H,16H2,1H3,(H,26,28)/b15-4-. The topological polar surface area (TPSA) is 64.6 Å². The predicted molar refractivity (Wildman–Crippen MR) is 121 cm³/mol. The highest BCUT2D eigenvalue weighted by atomic mass is 79.9. The second-order valence-electron chi connectivity index (χ2n) is 6.34. The van der Waals surface area contributed by atoms with Crippen LogP contribution in [0.1, 0.15) is 15.9 Å². The van der Waals surface area contributed by atoms with Gasteiger partial charge < -0.3 is 14.8 Å². The fourth-order valence-electron chi connectivity index (χ4n) is 2.58. The number of rotatable bonds is 8. The van der Waals surface area contributed by atoms with Gasteiger partial charge in [0, 0.05) is 15.7 Å². The maximum absolute atomic E-state index is 12.2. The summed E-state index contributed by atoms with van der Waals surface area (Å²) in [7, 11) is 1.59. The van der Waals surface area contributed by atoms with Gasteiger partial charge in [0.15, 0.2) is 12.4 Å². The Balaban J connectivity index is 1.50. The van der Waals surface area contributed by atoms with Gasteiger partial charge in [-0.25, -0.2) is 0 Å². The molecule has 0 atom stereocenters. The van der Waals surface area contributed by atoms with E-state index in [2.05, 4.69) is 21.2 Å². The fraction of sp³-hybridized carbons (Fsp3) is 0.0833. The molecule has 1 amide bonds. The Hall–Kier alpha value is -3.38. The van der Waals surface area contributed by atoms with Crippen LogP contribution in [-0.4, -0.2) is 25.4 Å². The third kappa shape index (κ3) is 6.32. The number of hydrogen-bond acceptors (Lipinski definition) is 4. The van der Waals surface area contributed by atoms with Crippen molar-refractivity contribution in [2.75, 3.05) is 19.0 Å². The number of ether oxygens (including phenoxy) is 2. The number of anilines is 1. The highest BCUT2D eigenvalue weighted by molar-refractivity contribution is 9.10. The zero-order valence-corrected chi connectivity index (χ0v) is 17.9. The van der Waals surface area contributed by atoms with E-state index in [4.69, 9.17) is 9.47 Å². The highest BCUT2D eigenvalue weighted by Gasteiger charge is 2.05. The number of methoxy groups -OCH3 is 1. The molecular formula is C24H20BrNO4. The largest absolute Gasteiger partial charge is 0.497 e. The monoisotopic (exact) mass is 465 g/mol. The molecule has 1 N–H and O–H groups in total. The van der Waals surface area contributed by atoms with Gasteiger partial charge in [0.1, 0.15) is 11.5 Å². The van der Waals surface area contributed by atoms with E-state index >= 15 is 0 Å². The summed E-state index contributed by atoms with van der Waals surface area (Å²) in [6.45, 7) is -0.102. The first kappa shape index (κ1) is 21.3. The Bertz CT molecular complexity index is 1030. The van der Waals surface area contributed by atoms with E-state index in [-0.39, 0.29) is 18.3 Å². The summed E-state index contributed by atoms with van der Waals surface area (Å²) in [5.74, 6) is 0.969. The average molecular weight is 466 g/mol. The molecule has 0 unspecified atom stereocenters. The molecule has 0 bridgehead atoms. The number of carbonyl (C=O) groups is 2. The molecule has 0 saturated carbocycles. The van der Waals surface area contributed by atoms with Crippen LogP contribution in [0.15, 0.2) is 83.3 Å². The Morgan fingerprint density at radius 3 is 2.17 bits per heavy atom. The second-order valence-corrected chi connectivity index (χ2v) is 7.25. The SMILES string of the molecule is COc1ccc(OCC(=O)Nc2ccc(/C=C\C(=O)c3ccc(Br)cc3)cc2)cc1. The molecule has 152 valence electrons. The van der Waals surface area contributed by atoms with E-state index in [1.807, 2.05) is 24.3 Å². The third-order valence-electron chi connectivity index (χ3n) is 4.18. The molecule has 5 nitrogen and oxygen atoms in total. The van der Waals surface area contributed by atoms with Crippen LogP contribution >= 0.6 is 15.9 Å². The molecule has 3 aromatic rings. The molecule has 0 aliphatic carbocycles. The van der Waals surface area contributed by atoms with Crippen LogP contribution in [0.3, 0.4) is 0 Å². The van der Waals surface area contributed by atoms with Crippen molar-refractivity contribution in [3.63, 3.8) is 0 Å². The third-order valence-corrected chi connectivity index (χ3v) is 4.71. The van der Waals surface area contributed by atoms with Crippen molar-refractivity contribution in [2.45, 2.75) is 0 Å². The number of halogens is 1. The van der Waals surface area contributed by atoms with E-state index in [9.17, 15) is 9.59 Å². The van der Waals surface area contributed by atoms with Crippen LogP contribution < -0.4 is 14.8 Å². The van der Waals surface area contributed by atoms with E-state index < -0.39 is 0 Å². The number of allylic oxidation sites excluding steroid dienone is 1. The molecule has 0 saturated heterocycles. The molecule has 3 aromatic carbocycles. The number of nitrogens with one attached hydrogen (secondary N) is 1. The maximum Gasteiger partial charge on any atom is 0.262 e. The van der Waals surface area contributed by atoms with Gasteiger partial charge in [0.05, 0.1) is 7.11 Å². The molecule has 0 heterocycles. The number of ketones is 1. The molecular weight excluding hydrogens is 446 g/mol. The lowest BCUT2D eigenvalue weighted by Crippen LogP contribution is -2.20. The first-order valence-electron chi connectivity index (χ1n) is 9.18. The number of carbonyl (C=O) groups excluding carboxylic acids is 2. The van der Waals surface area contributed by atoms with Crippen LogP contribution in [-0.2, 0) is 4.79 Å². The Morgan fingerprint density at radius 2 is 1.53 bits per heavy atom. The first-order valence-corrected chi connectivity index (χ1v) is 9.97. The van der Waals surface area contributed by atoms with Crippen molar-refractivity contribution in [2.24, 2.45) is 0 Å². The number of benzene rings is 3. The molecule has 0 radical (unpaired) electrons. The summed E-state index contributed by atoms with van der Waals surface area (Å²) in [6.07, 6.45) is 3.27. The van der Waals surface area contributed by atoms with Gasteiger partial charge in [-0.15, -0.1) is 0 Å². The Morgan fingerprint density at radius 1 is 0.900 bits per heavy atom. The summed E-state index contributed by atoms with van der Waals surface area (Å²) < 4.78 is 11.5. The van der Waals surface area contributed by atoms with E-state index in [0.717, 1.165) is 15.8 Å². The minimum Gasteiger partial charge on any atom is -0.497 e. The minimum atomic E-state index is -0.264. The quantitative estimate of drug-likeness (QED) is 0.358. The molecule has 30 heavy (non-hydrogen) atoms. The van der Waals surface area contributed by atoms with Crippen LogP contribution in [0.25, 0.3) is 6.08 Å². The highest BCUT2D eigenvalue weighted by Crippen LogP contribution is 2.17. The molecule has 0 spiro atoms. The lowest BCUT2D eigenvalue weighted by Gasteiger charge is -2.08. The second kappa shape index (κ2) is 10.4. The van der Waals surface area contributed by atoms with Crippen molar-refractivity contribution in [3.8, 4) is 11.5 Å². The van der Waals surface area contributed by atoms with Crippen LogP contribution in [0.4, 0.5) is 5.69 Å². The molecule has 3 rings (SSSR count). The van der Waals surface area contributed by atoms with Gasteiger partial charge >= 0.3 is 0 Å². The normalized spacial score (nSPS) is 10.6. The summed E-state index contributed by atoms with van der Waals surface area (Å²) in [6, 6.07) is 21.4. The van der Waals surface area contributed by atoms with Gasteiger partial charge in [-0.05, 0) is 72.3 Å². The Kier molecular flexibility index (Phi) is 7.40. The zero-order valence-electron chi connectivity index (χ0n) is 16.3. The minimum absolute atomic E-state index is 0.0736. The predicted octanol–water partition coefficient (Wildman–Crippen LogP) is 5.37. The molecule has 0 aliphatic rings. The van der Waals surface area contributed by atoms with Crippen LogP contribution in [0.5, 0.6) is 11.5 Å². The van der Waals surface area contributed by atoms with Crippen molar-refractivity contribution in [1.29, 1.82) is 0 Å². The molecule has 6 heteroatoms. The number of amides is 1. The average Bonchev–Trinajstić information content (AvgIpc) is 2.78. The van der Waals surface area contributed by atoms with Crippen molar-refractivity contribution < 1.29 is 19.1 Å². The fourth-order valence-corrected chi connectivity index (χ4v) is 2.84. The summed E-state index contributed by atoms with van der Waals surface area (Å²) in [5.41, 5.74) is 2.12.